The van der Waals surface area contributed by atoms with Gasteiger partial charge in [0, 0.05) is 86.9 Å². The van der Waals surface area contributed by atoms with Gasteiger partial charge in [0.05, 0.1) is 42.9 Å². The monoisotopic (exact) mass is 928 g/mol. The maximum atomic E-state index is 13.3. The second-order valence-electron chi connectivity index (χ2n) is 17.4. The highest BCUT2D eigenvalue weighted by Gasteiger charge is 2.29. The number of fused-ring (bicyclic) bond motifs is 2. The van der Waals surface area contributed by atoms with Gasteiger partial charge in [0.15, 0.2) is 0 Å². The Balaban J connectivity index is 0.000000171. The maximum absolute atomic E-state index is 13.3. The van der Waals surface area contributed by atoms with Crippen molar-refractivity contribution in [1.82, 2.24) is 30.0 Å². The lowest BCUT2D eigenvalue weighted by atomic mass is 10.1. The minimum atomic E-state index is -0.537. The summed E-state index contributed by atoms with van der Waals surface area (Å²) in [5.74, 6) is 0.0825. The average molecular weight is 929 g/mol. The normalized spacial score (nSPS) is 14.0. The molecule has 0 radical (unpaired) electrons. The highest BCUT2D eigenvalue weighted by Crippen LogP contribution is 2.35. The minimum absolute atomic E-state index is 0.0248. The summed E-state index contributed by atoms with van der Waals surface area (Å²) >= 11 is 2.95. The molecule has 8 aromatic rings. The third-order valence-corrected chi connectivity index (χ3v) is 13.6. The van der Waals surface area contributed by atoms with Crippen LogP contribution in [0.1, 0.15) is 40.1 Å². The summed E-state index contributed by atoms with van der Waals surface area (Å²) in [6, 6.07) is 41.1. The van der Waals surface area contributed by atoms with Crippen LogP contribution in [0, 0.1) is 0 Å². The molecule has 2 aliphatic rings. The topological polar surface area (TPSA) is 132 Å². The van der Waals surface area contributed by atoms with E-state index in [2.05, 4.69) is 86.6 Å². The Kier molecular flexibility index (Phi) is 13.6. The van der Waals surface area contributed by atoms with Gasteiger partial charge in [0.2, 0.25) is 0 Å². The number of carbonyl (C=O) groups excluding carboxylic acids is 3. The van der Waals surface area contributed by atoms with Gasteiger partial charge in [-0.3, -0.25) is 19.6 Å². The van der Waals surface area contributed by atoms with Gasteiger partial charge in [-0.05, 0) is 79.4 Å². The van der Waals surface area contributed by atoms with Gasteiger partial charge < -0.3 is 35.4 Å². The second kappa shape index (κ2) is 20.2. The van der Waals surface area contributed by atoms with Crippen molar-refractivity contribution >= 4 is 83.5 Å². The largest absolute Gasteiger partial charge is 0.444 e. The summed E-state index contributed by atoms with van der Waals surface area (Å²) in [5.41, 5.74) is 7.87. The molecule has 67 heavy (non-hydrogen) atoms. The lowest BCUT2D eigenvalue weighted by Gasteiger charge is -2.35. The predicted molar refractivity (Wildman–Crippen MR) is 272 cm³/mol. The summed E-state index contributed by atoms with van der Waals surface area (Å²) in [5, 5.41) is 12.2. The first-order valence-corrected chi connectivity index (χ1v) is 24.1. The van der Waals surface area contributed by atoms with Crippen molar-refractivity contribution in [1.29, 1.82) is 0 Å². The third-order valence-electron chi connectivity index (χ3n) is 11.5. The molecule has 14 heteroatoms. The fourth-order valence-electron chi connectivity index (χ4n) is 7.99. The summed E-state index contributed by atoms with van der Waals surface area (Å²) in [7, 11) is 0. The number of pyridine rings is 2. The molecule has 4 aromatic carbocycles. The lowest BCUT2D eigenvalue weighted by Crippen LogP contribution is -2.51. The van der Waals surface area contributed by atoms with E-state index >= 15 is 0 Å². The fraction of sp³-hybridized carbons (Fsp3) is 0.226. The molecule has 3 amide bonds. The van der Waals surface area contributed by atoms with Crippen LogP contribution in [0.25, 0.3) is 42.4 Å². The first-order chi connectivity index (χ1) is 32.5. The van der Waals surface area contributed by atoms with Crippen molar-refractivity contribution < 1.29 is 19.1 Å². The maximum Gasteiger partial charge on any atom is 0.410 e. The Morgan fingerprint density at radius 1 is 0.537 bits per heavy atom. The number of hydrogen-bond donors (Lipinski definition) is 3. The zero-order valence-electron chi connectivity index (χ0n) is 37.7. The molecule has 0 spiro atoms. The molecule has 0 atom stereocenters. The van der Waals surface area contributed by atoms with E-state index in [1.54, 1.807) is 22.2 Å². The Morgan fingerprint density at radius 2 is 0.940 bits per heavy atom. The molecular formula is C53H52N8O4S2. The average Bonchev–Trinajstić information content (AvgIpc) is 4.01. The number of anilines is 4. The molecule has 10 rings (SSSR count). The lowest BCUT2D eigenvalue weighted by molar-refractivity contribution is 0.0141. The van der Waals surface area contributed by atoms with Gasteiger partial charge in [-0.15, -0.1) is 22.7 Å². The van der Waals surface area contributed by atoms with Crippen LogP contribution in [-0.2, 0) is 4.74 Å². The van der Waals surface area contributed by atoms with E-state index in [9.17, 15) is 14.4 Å². The number of nitrogens with one attached hydrogen (secondary N) is 3. The van der Waals surface area contributed by atoms with E-state index in [0.717, 1.165) is 79.5 Å². The van der Waals surface area contributed by atoms with E-state index < -0.39 is 5.60 Å². The number of piperazine rings is 2. The number of hydrogen-bond acceptors (Lipinski definition) is 11. The Hall–Kier alpha value is -7.13. The number of nitrogens with zero attached hydrogens (tertiary/aromatic N) is 5. The first-order valence-electron chi connectivity index (χ1n) is 22.4. The van der Waals surface area contributed by atoms with Crippen molar-refractivity contribution in [3.63, 3.8) is 0 Å². The minimum Gasteiger partial charge on any atom is -0.444 e. The van der Waals surface area contributed by atoms with Crippen LogP contribution >= 0.6 is 22.7 Å². The van der Waals surface area contributed by atoms with Crippen LogP contribution in [0.15, 0.2) is 146 Å². The fourth-order valence-corrected chi connectivity index (χ4v) is 10.0. The van der Waals surface area contributed by atoms with Gasteiger partial charge >= 0.3 is 6.09 Å². The molecule has 0 aliphatic carbocycles. The van der Waals surface area contributed by atoms with Crippen LogP contribution < -0.4 is 16.0 Å². The zero-order chi connectivity index (χ0) is 46.3. The molecule has 2 fully saturated rings. The molecule has 12 nitrogen and oxygen atoms in total. The standard InChI is InChI=1S/C29H30N4O3S.C24H22N4OS/c1-29(2,3)36-28(35)33-15-13-32(14-16-33)27(34)25-17-23-24(18-30-19-26(23)37-25)31-22-11-9-21(10-12-22)20-7-5-4-6-8-20;29-24(28-12-10-25-11-13-28)22-14-20-21(15-26-16-23(20)30-22)27-19-8-6-18(7-9-19)17-4-2-1-3-5-17/h4-12,17-19,31H,13-16H2,1-3H3;1-9,14-16,25,27H,10-13H2. The molecule has 6 heterocycles. The molecule has 0 saturated carbocycles. The molecule has 2 aliphatic heterocycles. The van der Waals surface area contributed by atoms with Gasteiger partial charge in [0.1, 0.15) is 5.60 Å². The van der Waals surface area contributed by atoms with Gasteiger partial charge in [-0.1, -0.05) is 84.9 Å². The molecule has 0 bridgehead atoms. The number of carbonyl (C=O) groups is 3. The highest BCUT2D eigenvalue weighted by molar-refractivity contribution is 7.21. The Bertz CT molecular complexity index is 2970. The van der Waals surface area contributed by atoms with Crippen LogP contribution in [0.3, 0.4) is 0 Å². The summed E-state index contributed by atoms with van der Waals surface area (Å²) in [6.45, 7) is 10.6. The third kappa shape index (κ3) is 10.9. The van der Waals surface area contributed by atoms with Crippen molar-refractivity contribution in [2.24, 2.45) is 0 Å². The molecular weight excluding hydrogens is 877 g/mol. The van der Waals surface area contributed by atoms with E-state index in [4.69, 9.17) is 4.74 Å². The van der Waals surface area contributed by atoms with E-state index in [1.165, 1.54) is 39.4 Å². The molecule has 2 saturated heterocycles. The van der Waals surface area contributed by atoms with Crippen LogP contribution in [0.2, 0.25) is 0 Å². The summed E-state index contributed by atoms with van der Waals surface area (Å²) < 4.78 is 7.42. The Labute approximate surface area is 398 Å². The SMILES string of the molecule is CC(C)(C)OC(=O)N1CCN(C(=O)c2cc3c(Nc4ccc(-c5ccccc5)cc4)cncc3s2)CC1.O=C(c1cc2c(Nc3ccc(-c4ccccc4)cc3)cncc2s1)N1CCNCC1. The van der Waals surface area contributed by atoms with Crippen LogP contribution in [0.4, 0.5) is 27.5 Å². The number of ether oxygens (including phenoxy) is 1. The van der Waals surface area contributed by atoms with Gasteiger partial charge in [-0.2, -0.15) is 0 Å². The van der Waals surface area contributed by atoms with Crippen molar-refractivity contribution in [2.75, 3.05) is 63.0 Å². The second-order valence-corrected chi connectivity index (χ2v) is 19.5. The van der Waals surface area contributed by atoms with Crippen molar-refractivity contribution in [3.05, 3.63) is 156 Å². The van der Waals surface area contributed by atoms with Crippen molar-refractivity contribution in [2.45, 2.75) is 26.4 Å². The number of benzene rings is 4. The summed E-state index contributed by atoms with van der Waals surface area (Å²) in [6.07, 6.45) is 6.90. The zero-order valence-corrected chi connectivity index (χ0v) is 39.3. The quantitative estimate of drug-likeness (QED) is 0.136. The van der Waals surface area contributed by atoms with Crippen LogP contribution in [0.5, 0.6) is 0 Å². The first kappa shape index (κ1) is 45.0. The molecule has 4 aromatic heterocycles. The number of amides is 3. The number of thiophene rings is 2. The van der Waals surface area contributed by atoms with E-state index in [1.807, 2.05) is 98.7 Å². The smallest absolute Gasteiger partial charge is 0.410 e. The van der Waals surface area contributed by atoms with Gasteiger partial charge in [-0.25, -0.2) is 4.79 Å². The van der Waals surface area contributed by atoms with Gasteiger partial charge in [0.25, 0.3) is 11.8 Å². The van der Waals surface area contributed by atoms with Crippen LogP contribution in [-0.4, -0.2) is 101 Å². The highest BCUT2D eigenvalue weighted by atomic mass is 32.1. The molecule has 3 N–H and O–H groups in total. The molecule has 340 valence electrons. The number of rotatable bonds is 8. The van der Waals surface area contributed by atoms with E-state index in [0.29, 0.717) is 31.1 Å². The predicted octanol–water partition coefficient (Wildman–Crippen LogP) is 11.2. The number of aromatic nitrogens is 2. The molecule has 0 unspecified atom stereocenters. The summed E-state index contributed by atoms with van der Waals surface area (Å²) in [4.78, 5) is 54.1. The van der Waals surface area contributed by atoms with E-state index in [-0.39, 0.29) is 17.9 Å². The van der Waals surface area contributed by atoms with Crippen molar-refractivity contribution in [3.8, 4) is 22.3 Å². The Morgan fingerprint density at radius 3 is 1.37 bits per heavy atom.